The standard InChI is InChI=1S/C56H38N2/c1-3-17-47-39(13-1)15-11-22-49(47)41-27-33-44(34-28-41)57(45-35-29-42(30-36-45)50-23-12-16-40-14-2-4-18-48(40)50)46-37-31-43(32-38-46)51-19-5-8-24-54(51)58-55-25-9-6-20-52(55)53-21-7-10-26-56(53)58/h1-38H/i31D,32D,37D,38D. The van der Waals surface area contributed by atoms with Gasteiger partial charge in [0.15, 0.2) is 0 Å². The zero-order valence-corrected chi connectivity index (χ0v) is 31.5. The molecule has 11 aromatic rings. The Labute approximate surface area is 343 Å². The first kappa shape index (κ1) is 29.6. The molecule has 2 heteroatoms. The summed E-state index contributed by atoms with van der Waals surface area (Å²) in [5.41, 5.74) is 9.53. The number of rotatable bonds is 7. The molecule has 0 spiro atoms. The fourth-order valence-corrected chi connectivity index (χ4v) is 8.56. The average molecular weight is 743 g/mol. The summed E-state index contributed by atoms with van der Waals surface area (Å²) in [5, 5.41) is 6.82. The number of anilines is 3. The third-order valence-electron chi connectivity index (χ3n) is 11.3. The van der Waals surface area contributed by atoms with Crippen LogP contribution in [0.1, 0.15) is 5.48 Å². The molecule has 0 saturated carbocycles. The molecule has 0 bridgehead atoms. The average Bonchev–Trinajstić information content (AvgIpc) is 3.66. The lowest BCUT2D eigenvalue weighted by Crippen LogP contribution is -2.09. The van der Waals surface area contributed by atoms with Crippen LogP contribution in [-0.2, 0) is 0 Å². The monoisotopic (exact) mass is 742 g/mol. The number of nitrogens with zero attached hydrogens (tertiary/aromatic N) is 2. The highest BCUT2D eigenvalue weighted by Crippen LogP contribution is 2.41. The van der Waals surface area contributed by atoms with Gasteiger partial charge in [-0.05, 0) is 104 Å². The van der Waals surface area contributed by atoms with Crippen molar-refractivity contribution in [2.75, 3.05) is 4.90 Å². The largest absolute Gasteiger partial charge is 0.311 e. The number of benzene rings is 10. The molecule has 0 aliphatic carbocycles. The highest BCUT2D eigenvalue weighted by molar-refractivity contribution is 6.10. The SMILES string of the molecule is [2H]c1c([2H])c(N(c2ccc(-c3cccc4ccccc34)cc2)c2ccc(-c3cccc4ccccc34)cc2)c([2H])c([2H])c1-c1ccccc1-n1c2ccccc2c2ccccc21. The molecule has 0 aliphatic heterocycles. The Morgan fingerprint density at radius 2 is 0.724 bits per heavy atom. The van der Waals surface area contributed by atoms with Gasteiger partial charge < -0.3 is 9.47 Å². The zero-order chi connectivity index (χ0) is 41.9. The van der Waals surface area contributed by atoms with Crippen molar-refractivity contribution in [1.82, 2.24) is 4.57 Å². The van der Waals surface area contributed by atoms with E-state index in [9.17, 15) is 5.48 Å². The van der Waals surface area contributed by atoms with Gasteiger partial charge in [-0.2, -0.15) is 0 Å². The lowest BCUT2D eigenvalue weighted by molar-refractivity contribution is 1.18. The molecule has 0 saturated heterocycles. The van der Waals surface area contributed by atoms with Crippen LogP contribution in [0, 0.1) is 0 Å². The molecule has 0 amide bonds. The first-order valence-electron chi connectivity index (χ1n) is 21.6. The van der Waals surface area contributed by atoms with Crippen molar-refractivity contribution in [3.63, 3.8) is 0 Å². The quantitative estimate of drug-likeness (QED) is 0.158. The summed E-state index contributed by atoms with van der Waals surface area (Å²) in [6.45, 7) is 0. The number of hydrogen-bond acceptors (Lipinski definition) is 1. The molecule has 0 fully saturated rings. The van der Waals surface area contributed by atoms with E-state index in [2.05, 4.69) is 126 Å². The predicted molar refractivity (Wildman–Crippen MR) is 247 cm³/mol. The van der Waals surface area contributed by atoms with E-state index in [1.165, 1.54) is 0 Å². The van der Waals surface area contributed by atoms with Gasteiger partial charge in [-0.3, -0.25) is 0 Å². The van der Waals surface area contributed by atoms with Crippen LogP contribution in [0.4, 0.5) is 17.1 Å². The molecule has 58 heavy (non-hydrogen) atoms. The Kier molecular flexibility index (Phi) is 7.20. The van der Waals surface area contributed by atoms with Crippen molar-refractivity contribution in [3.05, 3.63) is 230 Å². The fourth-order valence-electron chi connectivity index (χ4n) is 8.56. The second kappa shape index (κ2) is 14.1. The van der Waals surface area contributed by atoms with Crippen LogP contribution in [0.15, 0.2) is 230 Å². The van der Waals surface area contributed by atoms with Crippen molar-refractivity contribution in [2.24, 2.45) is 0 Å². The maximum atomic E-state index is 9.75. The minimum Gasteiger partial charge on any atom is -0.311 e. The summed E-state index contributed by atoms with van der Waals surface area (Å²) in [5.74, 6) is 0. The second-order valence-electron chi connectivity index (χ2n) is 14.6. The van der Waals surface area contributed by atoms with Crippen LogP contribution in [0.5, 0.6) is 0 Å². The van der Waals surface area contributed by atoms with Crippen LogP contribution in [0.3, 0.4) is 0 Å². The molecular formula is C56H38N2. The van der Waals surface area contributed by atoms with E-state index in [4.69, 9.17) is 0 Å². The Balaban J connectivity index is 1.09. The normalized spacial score (nSPS) is 12.4. The molecule has 272 valence electrons. The fraction of sp³-hybridized carbons (Fsp3) is 0. The molecule has 1 aromatic heterocycles. The van der Waals surface area contributed by atoms with Gasteiger partial charge in [0, 0.05) is 33.4 Å². The molecule has 2 nitrogen and oxygen atoms in total. The smallest absolute Gasteiger partial charge is 0.0645 e. The van der Waals surface area contributed by atoms with Crippen LogP contribution in [-0.4, -0.2) is 4.57 Å². The van der Waals surface area contributed by atoms with Gasteiger partial charge in [0.25, 0.3) is 0 Å². The van der Waals surface area contributed by atoms with E-state index >= 15 is 0 Å². The van der Waals surface area contributed by atoms with Crippen molar-refractivity contribution >= 4 is 60.4 Å². The second-order valence-corrected chi connectivity index (χ2v) is 14.6. The molecule has 0 aliphatic rings. The Morgan fingerprint density at radius 3 is 1.26 bits per heavy atom. The molecule has 0 atom stereocenters. The summed E-state index contributed by atoms with van der Waals surface area (Å²) in [4.78, 5) is 1.86. The third-order valence-corrected chi connectivity index (χ3v) is 11.3. The van der Waals surface area contributed by atoms with Crippen molar-refractivity contribution < 1.29 is 5.48 Å². The van der Waals surface area contributed by atoms with Gasteiger partial charge in [-0.25, -0.2) is 0 Å². The van der Waals surface area contributed by atoms with Crippen molar-refractivity contribution in [3.8, 4) is 39.1 Å². The van der Waals surface area contributed by atoms with Gasteiger partial charge in [0.2, 0.25) is 0 Å². The van der Waals surface area contributed by atoms with E-state index in [-0.39, 0.29) is 35.4 Å². The van der Waals surface area contributed by atoms with Gasteiger partial charge >= 0.3 is 0 Å². The van der Waals surface area contributed by atoms with Gasteiger partial charge in [0.05, 0.1) is 22.2 Å². The molecule has 1 heterocycles. The van der Waals surface area contributed by atoms with E-state index < -0.39 is 0 Å². The zero-order valence-electron chi connectivity index (χ0n) is 35.5. The number of hydrogen-bond donors (Lipinski definition) is 0. The molecule has 10 aromatic carbocycles. The molecule has 0 radical (unpaired) electrons. The molecule has 0 N–H and O–H groups in total. The van der Waals surface area contributed by atoms with E-state index in [1.54, 1.807) is 0 Å². The third kappa shape index (κ3) is 5.74. The maximum Gasteiger partial charge on any atom is 0.0645 e. The van der Waals surface area contributed by atoms with Gasteiger partial charge in [-0.1, -0.05) is 176 Å². The highest BCUT2D eigenvalue weighted by Gasteiger charge is 2.18. The van der Waals surface area contributed by atoms with Crippen LogP contribution in [0.25, 0.3) is 82.4 Å². The van der Waals surface area contributed by atoms with Crippen LogP contribution >= 0.6 is 0 Å². The minimum absolute atomic E-state index is 0.112. The van der Waals surface area contributed by atoms with Crippen molar-refractivity contribution in [2.45, 2.75) is 0 Å². The van der Waals surface area contributed by atoms with E-state index in [0.29, 0.717) is 16.9 Å². The van der Waals surface area contributed by atoms with E-state index in [1.807, 2.05) is 89.8 Å². The van der Waals surface area contributed by atoms with Crippen LogP contribution in [0.2, 0.25) is 0 Å². The summed E-state index contributed by atoms with van der Waals surface area (Å²) >= 11 is 0. The summed E-state index contributed by atoms with van der Waals surface area (Å²) in [6.07, 6.45) is 0. The maximum absolute atomic E-state index is 9.75. The molecule has 0 unspecified atom stereocenters. The summed E-state index contributed by atoms with van der Waals surface area (Å²) < 4.78 is 41.1. The lowest BCUT2D eigenvalue weighted by atomic mass is 9.97. The highest BCUT2D eigenvalue weighted by atomic mass is 15.1. The lowest BCUT2D eigenvalue weighted by Gasteiger charge is -2.26. The van der Waals surface area contributed by atoms with Gasteiger partial charge in [0.1, 0.15) is 0 Å². The minimum atomic E-state index is -0.130. The number of para-hydroxylation sites is 3. The Hall–Kier alpha value is -7.68. The summed E-state index contributed by atoms with van der Waals surface area (Å²) in [7, 11) is 0. The topological polar surface area (TPSA) is 8.17 Å². The number of aromatic nitrogens is 1. The predicted octanol–water partition coefficient (Wildman–Crippen LogP) is 15.6. The Morgan fingerprint density at radius 1 is 0.310 bits per heavy atom. The first-order chi connectivity index (χ1) is 30.5. The van der Waals surface area contributed by atoms with Crippen LogP contribution < -0.4 is 4.90 Å². The van der Waals surface area contributed by atoms with Gasteiger partial charge in [-0.15, -0.1) is 0 Å². The molecular weight excluding hydrogens is 701 g/mol. The van der Waals surface area contributed by atoms with Crippen molar-refractivity contribution in [1.29, 1.82) is 0 Å². The number of fused-ring (bicyclic) bond motifs is 5. The molecule has 11 rings (SSSR count). The summed E-state index contributed by atoms with van der Waals surface area (Å²) in [6, 6.07) is 69.4. The first-order valence-corrected chi connectivity index (χ1v) is 19.6. The Bertz CT molecular complexity index is 3300. The van der Waals surface area contributed by atoms with E-state index in [0.717, 1.165) is 71.3 Å².